The number of aromatic nitrogens is 2. The van der Waals surface area contributed by atoms with Gasteiger partial charge in [0.2, 0.25) is 5.91 Å². The Morgan fingerprint density at radius 3 is 2.68 bits per heavy atom. The Labute approximate surface area is 132 Å². The van der Waals surface area contributed by atoms with Crippen LogP contribution in [0, 0.1) is 12.3 Å². The summed E-state index contributed by atoms with van der Waals surface area (Å²) < 4.78 is 0. The molecule has 0 saturated carbocycles. The molecule has 1 aromatic rings. The van der Waals surface area contributed by atoms with Gasteiger partial charge in [-0.1, -0.05) is 33.6 Å². The molecule has 0 aliphatic carbocycles. The van der Waals surface area contributed by atoms with Gasteiger partial charge in [-0.2, -0.15) is 0 Å². The van der Waals surface area contributed by atoms with Crippen LogP contribution in [0.2, 0.25) is 0 Å². The van der Waals surface area contributed by atoms with Gasteiger partial charge in [-0.25, -0.2) is 4.98 Å². The quantitative estimate of drug-likeness (QED) is 0.927. The van der Waals surface area contributed by atoms with Crippen LogP contribution in [-0.2, 0) is 17.6 Å². The van der Waals surface area contributed by atoms with Gasteiger partial charge in [0.1, 0.15) is 5.82 Å². The molecular weight excluding hydrogens is 278 g/mol. The summed E-state index contributed by atoms with van der Waals surface area (Å²) in [5.41, 5.74) is 1.21. The second kappa shape index (κ2) is 6.63. The molecule has 2 rings (SSSR count). The number of unbranched alkanes of at least 4 members (excludes halogenated alkanes) is 1. The molecule has 0 unspecified atom stereocenters. The number of hydrogen-bond acceptors (Lipinski definition) is 3. The SMILES string of the molecule is CCCCC(C)(C)C(=O)N1CCc2nc(C)[nH]c(=O)c2CC1. The van der Waals surface area contributed by atoms with E-state index in [9.17, 15) is 9.59 Å². The summed E-state index contributed by atoms with van der Waals surface area (Å²) >= 11 is 0. The van der Waals surface area contributed by atoms with E-state index in [0.717, 1.165) is 30.5 Å². The second-order valence-electron chi connectivity index (χ2n) is 6.86. The third-order valence-corrected chi connectivity index (χ3v) is 4.49. The van der Waals surface area contributed by atoms with E-state index in [-0.39, 0.29) is 16.9 Å². The molecule has 122 valence electrons. The molecular formula is C17H27N3O2. The second-order valence-corrected chi connectivity index (χ2v) is 6.86. The van der Waals surface area contributed by atoms with Crippen LogP contribution in [0.3, 0.4) is 0 Å². The average molecular weight is 305 g/mol. The number of H-pyrrole nitrogens is 1. The molecule has 0 bridgehead atoms. The van der Waals surface area contributed by atoms with Gasteiger partial charge < -0.3 is 9.88 Å². The van der Waals surface area contributed by atoms with Crippen molar-refractivity contribution in [2.45, 2.75) is 59.8 Å². The minimum Gasteiger partial charge on any atom is -0.342 e. The third-order valence-electron chi connectivity index (χ3n) is 4.49. The number of nitrogens with zero attached hydrogens (tertiary/aromatic N) is 2. The van der Waals surface area contributed by atoms with Crippen molar-refractivity contribution in [3.8, 4) is 0 Å². The van der Waals surface area contributed by atoms with Gasteiger partial charge in [0.25, 0.3) is 5.56 Å². The Morgan fingerprint density at radius 1 is 1.32 bits per heavy atom. The highest BCUT2D eigenvalue weighted by Gasteiger charge is 2.32. The first kappa shape index (κ1) is 16.7. The van der Waals surface area contributed by atoms with Crippen molar-refractivity contribution in [1.29, 1.82) is 0 Å². The smallest absolute Gasteiger partial charge is 0.254 e. The Kier molecular flexibility index (Phi) is 5.04. The molecule has 0 fully saturated rings. The molecule has 5 nitrogen and oxygen atoms in total. The molecule has 1 aliphatic heterocycles. The first-order valence-corrected chi connectivity index (χ1v) is 8.23. The van der Waals surface area contributed by atoms with Crippen molar-refractivity contribution in [2.24, 2.45) is 5.41 Å². The molecule has 1 aromatic heterocycles. The minimum atomic E-state index is -0.331. The number of fused-ring (bicyclic) bond motifs is 1. The van der Waals surface area contributed by atoms with E-state index in [4.69, 9.17) is 0 Å². The van der Waals surface area contributed by atoms with Gasteiger partial charge in [0.15, 0.2) is 0 Å². The van der Waals surface area contributed by atoms with Crippen LogP contribution in [-0.4, -0.2) is 33.9 Å². The van der Waals surface area contributed by atoms with Gasteiger partial charge >= 0.3 is 0 Å². The summed E-state index contributed by atoms with van der Waals surface area (Å²) in [6.07, 6.45) is 4.32. The Balaban J connectivity index is 2.13. The number of amides is 1. The maximum Gasteiger partial charge on any atom is 0.254 e. The highest BCUT2D eigenvalue weighted by atomic mass is 16.2. The van der Waals surface area contributed by atoms with E-state index >= 15 is 0 Å². The molecule has 1 amide bonds. The summed E-state index contributed by atoms with van der Waals surface area (Å²) in [6, 6.07) is 0. The van der Waals surface area contributed by atoms with Crippen LogP contribution < -0.4 is 5.56 Å². The van der Waals surface area contributed by atoms with Crippen LogP contribution >= 0.6 is 0 Å². The first-order valence-electron chi connectivity index (χ1n) is 8.23. The third kappa shape index (κ3) is 3.57. The van der Waals surface area contributed by atoms with Crippen LogP contribution in [0.15, 0.2) is 4.79 Å². The summed E-state index contributed by atoms with van der Waals surface area (Å²) in [5.74, 6) is 0.841. The Morgan fingerprint density at radius 2 is 2.00 bits per heavy atom. The normalized spacial score (nSPS) is 15.4. The monoisotopic (exact) mass is 305 g/mol. The number of carbonyl (C=O) groups excluding carboxylic acids is 1. The van der Waals surface area contributed by atoms with Gasteiger partial charge in [0, 0.05) is 30.5 Å². The molecule has 0 radical (unpaired) electrons. The summed E-state index contributed by atoms with van der Waals surface area (Å²) in [4.78, 5) is 34.0. The van der Waals surface area contributed by atoms with Gasteiger partial charge in [-0.3, -0.25) is 9.59 Å². The molecule has 22 heavy (non-hydrogen) atoms. The molecule has 0 saturated heterocycles. The minimum absolute atomic E-state index is 0.0537. The molecule has 5 heteroatoms. The zero-order valence-corrected chi connectivity index (χ0v) is 14.2. The van der Waals surface area contributed by atoms with Crippen molar-refractivity contribution >= 4 is 5.91 Å². The van der Waals surface area contributed by atoms with Crippen LogP contribution in [0.25, 0.3) is 0 Å². The van der Waals surface area contributed by atoms with Crippen LogP contribution in [0.1, 0.15) is 57.1 Å². The number of nitrogens with one attached hydrogen (secondary N) is 1. The fraction of sp³-hybridized carbons (Fsp3) is 0.706. The average Bonchev–Trinajstić information content (AvgIpc) is 2.67. The zero-order chi connectivity index (χ0) is 16.3. The highest BCUT2D eigenvalue weighted by molar-refractivity contribution is 5.82. The molecule has 2 heterocycles. The van der Waals surface area contributed by atoms with E-state index in [0.29, 0.717) is 31.8 Å². The number of carbonyl (C=O) groups is 1. The van der Waals surface area contributed by atoms with E-state index < -0.39 is 0 Å². The lowest BCUT2D eigenvalue weighted by Crippen LogP contribution is -2.42. The Hall–Kier alpha value is -1.65. The van der Waals surface area contributed by atoms with E-state index in [2.05, 4.69) is 16.9 Å². The highest BCUT2D eigenvalue weighted by Crippen LogP contribution is 2.27. The number of hydrogen-bond donors (Lipinski definition) is 1. The molecule has 0 aromatic carbocycles. The van der Waals surface area contributed by atoms with E-state index in [1.54, 1.807) is 6.92 Å². The molecule has 1 N–H and O–H groups in total. The predicted octanol–water partition coefficient (Wildman–Crippen LogP) is 2.22. The van der Waals surface area contributed by atoms with Crippen molar-refractivity contribution in [3.63, 3.8) is 0 Å². The lowest BCUT2D eigenvalue weighted by Gasteiger charge is -2.31. The predicted molar refractivity (Wildman–Crippen MR) is 86.9 cm³/mol. The van der Waals surface area contributed by atoms with Gasteiger partial charge in [0.05, 0.1) is 5.69 Å². The largest absolute Gasteiger partial charge is 0.342 e. The molecule has 0 spiro atoms. The fourth-order valence-corrected chi connectivity index (χ4v) is 3.09. The summed E-state index contributed by atoms with van der Waals surface area (Å²) in [6.45, 7) is 9.25. The summed E-state index contributed by atoms with van der Waals surface area (Å²) in [7, 11) is 0. The molecule has 0 atom stereocenters. The van der Waals surface area contributed by atoms with Crippen LogP contribution in [0.5, 0.6) is 0 Å². The maximum atomic E-state index is 12.8. The van der Waals surface area contributed by atoms with Gasteiger partial charge in [-0.05, 0) is 19.8 Å². The maximum absolute atomic E-state index is 12.8. The number of aryl methyl sites for hydroxylation is 1. The Bertz CT molecular complexity index is 604. The fourth-order valence-electron chi connectivity index (χ4n) is 3.09. The van der Waals surface area contributed by atoms with Crippen molar-refractivity contribution in [2.75, 3.05) is 13.1 Å². The first-order chi connectivity index (χ1) is 10.3. The van der Waals surface area contributed by atoms with Gasteiger partial charge in [-0.15, -0.1) is 0 Å². The topological polar surface area (TPSA) is 66.1 Å². The van der Waals surface area contributed by atoms with Crippen molar-refractivity contribution < 1.29 is 4.79 Å². The van der Waals surface area contributed by atoms with Crippen LogP contribution in [0.4, 0.5) is 0 Å². The molecule has 1 aliphatic rings. The standard InChI is InChI=1S/C17H27N3O2/c1-5-6-9-17(3,4)16(22)20-10-7-13-14(8-11-20)18-12(2)19-15(13)21/h5-11H2,1-4H3,(H,18,19,21). The van der Waals surface area contributed by atoms with Crippen molar-refractivity contribution in [1.82, 2.24) is 14.9 Å². The lowest BCUT2D eigenvalue weighted by atomic mass is 9.85. The van der Waals surface area contributed by atoms with Crippen molar-refractivity contribution in [3.05, 3.63) is 27.4 Å². The van der Waals surface area contributed by atoms with E-state index in [1.165, 1.54) is 0 Å². The lowest BCUT2D eigenvalue weighted by molar-refractivity contribution is -0.140. The zero-order valence-electron chi connectivity index (χ0n) is 14.2. The van der Waals surface area contributed by atoms with E-state index in [1.807, 2.05) is 18.7 Å². The number of rotatable bonds is 4. The summed E-state index contributed by atoms with van der Waals surface area (Å²) in [5, 5.41) is 0. The number of aromatic amines is 1.